The van der Waals surface area contributed by atoms with Crippen molar-refractivity contribution >= 4 is 23.7 Å². The molecule has 4 N–H and O–H groups in total. The summed E-state index contributed by atoms with van der Waals surface area (Å²) < 4.78 is 7.24. The number of fused-ring (bicyclic) bond motifs is 1. The second-order valence-corrected chi connectivity index (χ2v) is 4.89. The van der Waals surface area contributed by atoms with Crippen LogP contribution in [0, 0.1) is 18.3 Å². The van der Waals surface area contributed by atoms with E-state index >= 15 is 0 Å². The van der Waals surface area contributed by atoms with Crippen LogP contribution in [0.1, 0.15) is 6.23 Å². The summed E-state index contributed by atoms with van der Waals surface area (Å²) in [7, 11) is 0. The van der Waals surface area contributed by atoms with E-state index in [9.17, 15) is 10.2 Å². The molecule has 114 valence electrons. The lowest BCUT2D eigenvalue weighted by Crippen LogP contribution is -2.42. The van der Waals surface area contributed by atoms with Crippen LogP contribution in [-0.2, 0) is 4.74 Å². The van der Waals surface area contributed by atoms with Crippen LogP contribution < -0.4 is 5.73 Å². The van der Waals surface area contributed by atoms with Gasteiger partial charge in [0.05, 0.1) is 18.9 Å². The van der Waals surface area contributed by atoms with E-state index in [-0.39, 0.29) is 5.82 Å². The Morgan fingerprint density at radius 1 is 1.55 bits per heavy atom. The van der Waals surface area contributed by atoms with Gasteiger partial charge in [0.1, 0.15) is 17.9 Å². The van der Waals surface area contributed by atoms with Crippen molar-refractivity contribution in [2.75, 3.05) is 12.3 Å². The maximum Gasteiger partial charge on any atom is 0.210 e. The minimum absolute atomic E-state index is 0.217. The summed E-state index contributed by atoms with van der Waals surface area (Å²) in [6.07, 6.45) is 6.18. The molecule has 9 heteroatoms. The number of nitrogen functional groups attached to an aromatic ring is 1. The lowest BCUT2D eigenvalue weighted by Gasteiger charge is -2.24. The van der Waals surface area contributed by atoms with Gasteiger partial charge in [0, 0.05) is 0 Å². The Bertz CT molecular complexity index is 769. The fourth-order valence-electron chi connectivity index (χ4n) is 2.56. The van der Waals surface area contributed by atoms with Gasteiger partial charge in [-0.15, -0.1) is 6.42 Å². The predicted molar refractivity (Wildman–Crippen MR) is 77.6 cm³/mol. The smallest absolute Gasteiger partial charge is 0.210 e. The molecule has 0 aliphatic carbocycles. The normalized spacial score (nSPS) is 31.2. The van der Waals surface area contributed by atoms with Crippen LogP contribution in [0.5, 0.6) is 0 Å². The summed E-state index contributed by atoms with van der Waals surface area (Å²) in [5.74, 6) is 1.90. The monoisotopic (exact) mass is 302 g/mol. The summed E-state index contributed by atoms with van der Waals surface area (Å²) in [4.78, 5) is 15.8. The van der Waals surface area contributed by atoms with Crippen LogP contribution in [0.3, 0.4) is 0 Å². The summed E-state index contributed by atoms with van der Waals surface area (Å²) in [5.41, 5.74) is 4.95. The van der Waals surface area contributed by atoms with Gasteiger partial charge >= 0.3 is 0 Å². The van der Waals surface area contributed by atoms with Gasteiger partial charge in [0.2, 0.25) is 5.72 Å². The zero-order valence-electron chi connectivity index (χ0n) is 11.5. The maximum atomic E-state index is 10.3. The fourth-order valence-corrected chi connectivity index (χ4v) is 2.56. The van der Waals surface area contributed by atoms with Gasteiger partial charge in [-0.2, -0.15) is 0 Å². The van der Waals surface area contributed by atoms with E-state index in [4.69, 9.17) is 16.9 Å². The molecule has 9 nitrogen and oxygen atoms in total. The molecule has 0 bridgehead atoms. The third-order valence-electron chi connectivity index (χ3n) is 3.78. The Balaban J connectivity index is 2.12. The number of anilines is 1. The van der Waals surface area contributed by atoms with Crippen molar-refractivity contribution in [3.05, 3.63) is 12.7 Å². The first-order valence-corrected chi connectivity index (χ1v) is 6.41. The molecule has 22 heavy (non-hydrogen) atoms. The number of aliphatic imine (C=N–C) groups is 1. The number of terminal acetylenes is 1. The Hall–Kier alpha value is -2.54. The van der Waals surface area contributed by atoms with Crippen molar-refractivity contribution in [1.82, 2.24) is 19.5 Å². The van der Waals surface area contributed by atoms with Gasteiger partial charge in [-0.25, -0.2) is 15.0 Å². The highest BCUT2D eigenvalue weighted by Gasteiger charge is 2.54. The maximum absolute atomic E-state index is 10.3. The number of aliphatic hydroxyl groups is 2. The standard InChI is InChI=1S/C13H14N6O3/c1-3-7-9(21)13(4-20,15-2)22-12(7)19-6-18-8-10(14)16-5-17-11(8)19/h1,5-7,9,12,20-21H,2,4H2,(H2,14,16,17)/t7-,9-,12+,13+/m0/s1. The fraction of sp³-hybridized carbons (Fsp3) is 0.385. The van der Waals surface area contributed by atoms with Gasteiger partial charge < -0.3 is 20.7 Å². The predicted octanol–water partition coefficient (Wildman–Crippen LogP) is -1.06. The third kappa shape index (κ3) is 1.79. The third-order valence-corrected chi connectivity index (χ3v) is 3.78. The number of imidazole rings is 1. The number of nitrogens with two attached hydrogens (primary N) is 1. The largest absolute Gasteiger partial charge is 0.391 e. The van der Waals surface area contributed by atoms with Gasteiger partial charge in [0.15, 0.2) is 17.7 Å². The highest BCUT2D eigenvalue weighted by molar-refractivity contribution is 5.81. The molecule has 3 heterocycles. The van der Waals surface area contributed by atoms with E-state index in [0.717, 1.165) is 0 Å². The SMILES string of the molecule is C#C[C@@H]1[C@H](n2cnc3c(N)ncnc32)O[C@@](CO)(N=C)[C@H]1O. The average Bonchev–Trinajstić information content (AvgIpc) is 3.07. The summed E-state index contributed by atoms with van der Waals surface area (Å²) in [6, 6.07) is 0. The summed E-state index contributed by atoms with van der Waals surface area (Å²) in [5, 5.41) is 19.9. The molecule has 1 fully saturated rings. The Morgan fingerprint density at radius 3 is 2.95 bits per heavy atom. The van der Waals surface area contributed by atoms with E-state index in [1.807, 2.05) is 0 Å². The molecule has 3 rings (SSSR count). The van der Waals surface area contributed by atoms with Crippen LogP contribution in [-0.4, -0.2) is 54.9 Å². The van der Waals surface area contributed by atoms with E-state index in [0.29, 0.717) is 11.2 Å². The molecule has 0 radical (unpaired) electrons. The van der Waals surface area contributed by atoms with Crippen molar-refractivity contribution in [3.63, 3.8) is 0 Å². The number of aromatic nitrogens is 4. The van der Waals surface area contributed by atoms with Crippen LogP contribution >= 0.6 is 0 Å². The van der Waals surface area contributed by atoms with Crippen molar-refractivity contribution < 1.29 is 14.9 Å². The van der Waals surface area contributed by atoms with E-state index in [2.05, 4.69) is 32.6 Å². The summed E-state index contributed by atoms with van der Waals surface area (Å²) >= 11 is 0. The molecule has 4 atom stereocenters. The minimum atomic E-state index is -1.59. The van der Waals surface area contributed by atoms with E-state index in [1.54, 1.807) is 0 Å². The molecule has 2 aromatic rings. The average molecular weight is 302 g/mol. The molecular formula is C13H14N6O3. The first-order valence-electron chi connectivity index (χ1n) is 6.41. The first-order chi connectivity index (χ1) is 10.6. The lowest BCUT2D eigenvalue weighted by atomic mass is 9.97. The Labute approximate surface area is 125 Å². The van der Waals surface area contributed by atoms with Gasteiger partial charge in [-0.1, -0.05) is 5.92 Å². The molecule has 0 spiro atoms. The highest BCUT2D eigenvalue weighted by atomic mass is 16.6. The van der Waals surface area contributed by atoms with Crippen LogP contribution in [0.25, 0.3) is 11.2 Å². The number of ether oxygens (including phenoxy) is 1. The number of nitrogens with zero attached hydrogens (tertiary/aromatic N) is 5. The molecule has 1 aliphatic rings. The zero-order chi connectivity index (χ0) is 15.9. The molecule has 0 saturated carbocycles. The minimum Gasteiger partial charge on any atom is -0.391 e. The van der Waals surface area contributed by atoms with Crippen molar-refractivity contribution in [1.29, 1.82) is 0 Å². The first kappa shape index (κ1) is 14.4. The van der Waals surface area contributed by atoms with Crippen LogP contribution in [0.4, 0.5) is 5.82 Å². The molecule has 1 saturated heterocycles. The number of rotatable bonds is 3. The quantitative estimate of drug-likeness (QED) is 0.486. The molecule has 1 aliphatic heterocycles. The second-order valence-electron chi connectivity index (χ2n) is 4.89. The van der Waals surface area contributed by atoms with E-state index < -0.39 is 30.6 Å². The second kappa shape index (κ2) is 5.03. The molecule has 0 unspecified atom stereocenters. The molecule has 0 amide bonds. The zero-order valence-corrected chi connectivity index (χ0v) is 11.5. The number of hydrogen-bond donors (Lipinski definition) is 3. The Kier molecular flexibility index (Phi) is 3.29. The highest BCUT2D eigenvalue weighted by Crippen LogP contribution is 2.42. The van der Waals surface area contributed by atoms with E-state index in [1.165, 1.54) is 17.2 Å². The van der Waals surface area contributed by atoms with Crippen molar-refractivity contribution in [3.8, 4) is 12.3 Å². The number of hydrogen-bond acceptors (Lipinski definition) is 8. The summed E-state index contributed by atoms with van der Waals surface area (Å²) in [6.45, 7) is 2.80. The Morgan fingerprint density at radius 2 is 2.32 bits per heavy atom. The van der Waals surface area contributed by atoms with Gasteiger partial charge in [0.25, 0.3) is 0 Å². The molecular weight excluding hydrogens is 288 g/mol. The number of aliphatic hydroxyl groups excluding tert-OH is 2. The van der Waals surface area contributed by atoms with Crippen LogP contribution in [0.2, 0.25) is 0 Å². The lowest BCUT2D eigenvalue weighted by molar-refractivity contribution is -0.120. The van der Waals surface area contributed by atoms with Gasteiger partial charge in [-0.3, -0.25) is 9.56 Å². The topological polar surface area (TPSA) is 132 Å². The van der Waals surface area contributed by atoms with Gasteiger partial charge in [-0.05, 0) is 6.72 Å². The molecule has 0 aromatic carbocycles. The van der Waals surface area contributed by atoms with Crippen molar-refractivity contribution in [2.24, 2.45) is 10.9 Å². The van der Waals surface area contributed by atoms with Crippen molar-refractivity contribution in [2.45, 2.75) is 18.1 Å². The molecule has 2 aromatic heterocycles. The van der Waals surface area contributed by atoms with Crippen LogP contribution in [0.15, 0.2) is 17.6 Å².